The Morgan fingerprint density at radius 2 is 2.18 bits per heavy atom. The van der Waals surface area contributed by atoms with Crippen molar-refractivity contribution in [1.82, 2.24) is 0 Å². The molecule has 0 amide bonds. The van der Waals surface area contributed by atoms with Gasteiger partial charge in [-0.15, -0.1) is 11.8 Å². The molecular weight excluding hydrogens is 187 g/mol. The van der Waals surface area contributed by atoms with E-state index in [9.17, 15) is 3.89 Å². The Bertz CT molecular complexity index is 90.6. The molecule has 0 aromatic rings. The first kappa shape index (κ1) is 11.6. The van der Waals surface area contributed by atoms with E-state index in [2.05, 4.69) is 0 Å². The normalized spacial score (nSPS) is 16.4. The first-order valence-corrected chi connectivity index (χ1v) is 5.33. The Kier molecular flexibility index (Phi) is 6.41. The summed E-state index contributed by atoms with van der Waals surface area (Å²) in [6.07, 6.45) is 1.83. The van der Waals surface area contributed by atoms with E-state index < -0.39 is 5.12 Å². The van der Waals surface area contributed by atoms with Gasteiger partial charge < -0.3 is 9.47 Å². The van der Waals surface area contributed by atoms with E-state index in [1.807, 2.05) is 13.2 Å². The summed E-state index contributed by atoms with van der Waals surface area (Å²) < 4.78 is 22.2. The van der Waals surface area contributed by atoms with Crippen LogP contribution in [0.2, 0.25) is 0 Å². The highest BCUT2D eigenvalue weighted by atomic mass is 32.2. The van der Waals surface area contributed by atoms with Crippen LogP contribution in [-0.2, 0) is 9.47 Å². The van der Waals surface area contributed by atoms with Gasteiger partial charge in [0.15, 0.2) is 0 Å². The molecule has 0 rings (SSSR count). The summed E-state index contributed by atoms with van der Waals surface area (Å²) in [5.74, 6) is 0.193. The van der Waals surface area contributed by atoms with Gasteiger partial charge in [0.25, 0.3) is 0 Å². The fraction of sp³-hybridized carbons (Fsp3) is 1.00. The zero-order valence-electron chi connectivity index (χ0n) is 6.93. The first-order chi connectivity index (χ1) is 5.24. The molecule has 0 saturated heterocycles. The molecule has 0 fully saturated rings. The Morgan fingerprint density at radius 1 is 1.55 bits per heavy atom. The zero-order valence-corrected chi connectivity index (χ0v) is 8.56. The maximum atomic E-state index is 11.9. The minimum Gasteiger partial charge on any atom is -0.344 e. The lowest BCUT2D eigenvalue weighted by atomic mass is 10.7. The lowest BCUT2D eigenvalue weighted by Gasteiger charge is -2.27. The van der Waals surface area contributed by atoms with Gasteiger partial charge in [-0.25, -0.2) is 0 Å². The Labute approximate surface area is 75.5 Å². The fourth-order valence-corrected chi connectivity index (χ4v) is 1.99. The summed E-state index contributed by atoms with van der Waals surface area (Å²) in [4.78, 5) is 0. The van der Waals surface area contributed by atoms with Crippen LogP contribution in [0.4, 0.5) is 3.89 Å². The number of halogens is 1. The standard InChI is InChI=1S/C6H13FO2S2/c1-4-9-6(8-2,10-3)5-11-7/h4-5H2,1-3H3. The monoisotopic (exact) mass is 200 g/mol. The van der Waals surface area contributed by atoms with Crippen LogP contribution in [0, 0.1) is 0 Å². The summed E-state index contributed by atoms with van der Waals surface area (Å²) in [5.41, 5.74) is 0. The Morgan fingerprint density at radius 3 is 2.45 bits per heavy atom. The smallest absolute Gasteiger partial charge is 0.229 e. The fourth-order valence-electron chi connectivity index (χ4n) is 0.647. The highest BCUT2D eigenvalue weighted by Gasteiger charge is 2.29. The van der Waals surface area contributed by atoms with Crippen molar-refractivity contribution in [2.45, 2.75) is 12.0 Å². The van der Waals surface area contributed by atoms with E-state index in [1.54, 1.807) is 0 Å². The molecule has 0 aliphatic heterocycles. The highest BCUT2D eigenvalue weighted by Crippen LogP contribution is 2.29. The minimum atomic E-state index is -0.811. The van der Waals surface area contributed by atoms with Crippen molar-refractivity contribution >= 4 is 23.9 Å². The van der Waals surface area contributed by atoms with Gasteiger partial charge in [0, 0.05) is 13.7 Å². The second-order valence-electron chi connectivity index (χ2n) is 1.78. The molecule has 11 heavy (non-hydrogen) atoms. The summed E-state index contributed by atoms with van der Waals surface area (Å²) in [5, 5.41) is -0.811. The molecule has 0 heterocycles. The van der Waals surface area contributed by atoms with Gasteiger partial charge in [-0.05, 0) is 13.2 Å². The Balaban J connectivity index is 3.96. The van der Waals surface area contributed by atoms with Gasteiger partial charge in [-0.2, -0.15) is 3.89 Å². The maximum absolute atomic E-state index is 11.9. The molecule has 0 aromatic heterocycles. The Hall–Kier alpha value is 0.550. The molecule has 1 atom stereocenters. The van der Waals surface area contributed by atoms with Crippen LogP contribution in [-0.4, -0.2) is 30.8 Å². The van der Waals surface area contributed by atoms with E-state index in [1.165, 1.54) is 18.9 Å². The summed E-state index contributed by atoms with van der Waals surface area (Å²) in [6, 6.07) is 0. The summed E-state index contributed by atoms with van der Waals surface area (Å²) >= 11 is 1.59. The van der Waals surface area contributed by atoms with Gasteiger partial charge in [-0.1, -0.05) is 0 Å². The molecule has 68 valence electrons. The van der Waals surface area contributed by atoms with Crippen LogP contribution >= 0.6 is 23.9 Å². The van der Waals surface area contributed by atoms with Crippen molar-refractivity contribution in [3.8, 4) is 0 Å². The molecule has 0 radical (unpaired) electrons. The predicted octanol–water partition coefficient (Wildman–Crippen LogP) is 2.30. The molecule has 0 aliphatic rings. The molecule has 0 spiro atoms. The number of hydrogen-bond donors (Lipinski definition) is 0. The first-order valence-electron chi connectivity index (χ1n) is 3.22. The van der Waals surface area contributed by atoms with Crippen LogP contribution in [0.5, 0.6) is 0 Å². The molecule has 0 aliphatic carbocycles. The maximum Gasteiger partial charge on any atom is 0.229 e. The van der Waals surface area contributed by atoms with Gasteiger partial charge in [0.05, 0.1) is 17.9 Å². The molecule has 5 heteroatoms. The number of ether oxygens (including phenoxy) is 2. The number of thioether (sulfide) groups is 1. The molecule has 2 nitrogen and oxygen atoms in total. The molecule has 0 aromatic carbocycles. The third-order valence-corrected chi connectivity index (χ3v) is 2.94. The average Bonchev–Trinajstić information content (AvgIpc) is 2.04. The van der Waals surface area contributed by atoms with E-state index >= 15 is 0 Å². The van der Waals surface area contributed by atoms with Crippen molar-refractivity contribution in [1.29, 1.82) is 0 Å². The van der Waals surface area contributed by atoms with Gasteiger partial charge in [0.2, 0.25) is 5.12 Å². The lowest BCUT2D eigenvalue weighted by Crippen LogP contribution is -2.33. The van der Waals surface area contributed by atoms with Crippen molar-refractivity contribution in [2.24, 2.45) is 0 Å². The highest BCUT2D eigenvalue weighted by molar-refractivity contribution is 8.01. The van der Waals surface area contributed by atoms with Crippen LogP contribution in [0.25, 0.3) is 0 Å². The van der Waals surface area contributed by atoms with Gasteiger partial charge in [0.1, 0.15) is 0 Å². The van der Waals surface area contributed by atoms with Crippen LogP contribution < -0.4 is 0 Å². The number of methoxy groups -OCH3 is 1. The van der Waals surface area contributed by atoms with Crippen LogP contribution in [0.1, 0.15) is 6.92 Å². The molecular formula is C6H13FO2S2. The molecule has 1 unspecified atom stereocenters. The summed E-state index contributed by atoms with van der Waals surface area (Å²) in [7, 11) is 1.52. The lowest BCUT2D eigenvalue weighted by molar-refractivity contribution is -0.133. The second kappa shape index (κ2) is 6.11. The third kappa shape index (κ3) is 3.64. The molecule has 0 bridgehead atoms. The van der Waals surface area contributed by atoms with Crippen molar-refractivity contribution in [3.05, 3.63) is 0 Å². The van der Waals surface area contributed by atoms with Crippen molar-refractivity contribution in [2.75, 3.05) is 25.7 Å². The van der Waals surface area contributed by atoms with E-state index in [-0.39, 0.29) is 17.9 Å². The van der Waals surface area contributed by atoms with E-state index in [0.29, 0.717) is 6.61 Å². The largest absolute Gasteiger partial charge is 0.344 e. The average molecular weight is 200 g/mol. The van der Waals surface area contributed by atoms with E-state index in [4.69, 9.17) is 9.47 Å². The third-order valence-electron chi connectivity index (χ3n) is 1.22. The zero-order chi connectivity index (χ0) is 8.74. The predicted molar refractivity (Wildman–Crippen MR) is 48.4 cm³/mol. The van der Waals surface area contributed by atoms with Gasteiger partial charge in [-0.3, -0.25) is 0 Å². The number of hydrogen-bond acceptors (Lipinski definition) is 4. The SMILES string of the molecule is CCOC(CSF)(OC)SC. The van der Waals surface area contributed by atoms with Crippen molar-refractivity contribution < 1.29 is 13.4 Å². The minimum absolute atomic E-state index is 0.193. The van der Waals surface area contributed by atoms with Crippen LogP contribution in [0.15, 0.2) is 0 Å². The van der Waals surface area contributed by atoms with Crippen LogP contribution in [0.3, 0.4) is 0 Å². The summed E-state index contributed by atoms with van der Waals surface area (Å²) in [6.45, 7) is 2.38. The quantitative estimate of drug-likeness (QED) is 0.612. The number of rotatable bonds is 6. The topological polar surface area (TPSA) is 18.5 Å². The van der Waals surface area contributed by atoms with E-state index in [0.717, 1.165) is 0 Å². The molecule has 0 N–H and O–H groups in total. The second-order valence-corrected chi connectivity index (χ2v) is 3.31. The van der Waals surface area contributed by atoms with Gasteiger partial charge >= 0.3 is 0 Å². The van der Waals surface area contributed by atoms with Crippen molar-refractivity contribution in [3.63, 3.8) is 0 Å². The molecule has 0 saturated carbocycles.